The molecule has 40 heavy (non-hydrogen) atoms. The first-order valence-corrected chi connectivity index (χ1v) is 13.9. The van der Waals surface area contributed by atoms with Crippen molar-refractivity contribution in [3.05, 3.63) is 72.0 Å². The topological polar surface area (TPSA) is 88.0 Å². The number of pyridine rings is 1. The van der Waals surface area contributed by atoms with Crippen LogP contribution in [0.2, 0.25) is 0 Å². The van der Waals surface area contributed by atoms with Crippen LogP contribution in [0.1, 0.15) is 46.1 Å². The number of nitrogens with one attached hydrogen (secondary N) is 1. The maximum Gasteiger partial charge on any atom is 0.172 e. The molecule has 0 saturated carbocycles. The summed E-state index contributed by atoms with van der Waals surface area (Å²) < 4.78 is 12.4. The minimum Gasteiger partial charge on any atom is -0.489 e. The highest BCUT2D eigenvalue weighted by Crippen LogP contribution is 2.35. The largest absolute Gasteiger partial charge is 0.489 e. The Hall–Kier alpha value is -4.40. The van der Waals surface area contributed by atoms with Crippen molar-refractivity contribution >= 4 is 34.6 Å². The van der Waals surface area contributed by atoms with Crippen LogP contribution in [0.15, 0.2) is 71.6 Å². The van der Waals surface area contributed by atoms with Gasteiger partial charge in [-0.2, -0.15) is 5.10 Å². The number of hydrogen-bond donors (Lipinski definition) is 1. The number of fused-ring (bicyclic) bond motifs is 2. The van der Waals surface area contributed by atoms with Gasteiger partial charge < -0.3 is 19.7 Å². The van der Waals surface area contributed by atoms with Crippen molar-refractivity contribution in [2.75, 3.05) is 29.9 Å². The lowest BCUT2D eigenvalue weighted by atomic mass is 10.2. The number of unbranched alkanes of at least 4 members (excludes halogenated alkanes) is 1. The standard InChI is InChI=1S/C31H37N7O2/c1-6-9-13-37-18-21(4)19-39-28-17-26-29(36-31(28)37)30(33-20-32-26)35-23-10-11-27(22(5)15-23)40-25-12-14-38(34-8-3)24(7-2)16-25/h7-8,10-12,14-17,20-21H,6,9,13,18-19H2,1-5H3,(H,32,33,35)/b24-7?,34-8-. The normalized spacial score (nSPS) is 18.1. The third-order valence-corrected chi connectivity index (χ3v) is 6.83. The first-order chi connectivity index (χ1) is 19.5. The van der Waals surface area contributed by atoms with Crippen LogP contribution in [0.3, 0.4) is 0 Å². The summed E-state index contributed by atoms with van der Waals surface area (Å²) in [6.07, 6.45) is 13.3. The molecule has 9 nitrogen and oxygen atoms in total. The van der Waals surface area contributed by atoms with Gasteiger partial charge in [-0.15, -0.1) is 0 Å². The van der Waals surface area contributed by atoms with E-state index in [1.807, 2.05) is 69.5 Å². The van der Waals surface area contributed by atoms with Gasteiger partial charge in [0.15, 0.2) is 17.4 Å². The lowest BCUT2D eigenvalue weighted by Crippen LogP contribution is -2.30. The smallest absolute Gasteiger partial charge is 0.172 e. The van der Waals surface area contributed by atoms with Crippen molar-refractivity contribution in [3.63, 3.8) is 0 Å². The van der Waals surface area contributed by atoms with Crippen LogP contribution in [0, 0.1) is 12.8 Å². The van der Waals surface area contributed by atoms with Gasteiger partial charge in [0.1, 0.15) is 23.4 Å². The van der Waals surface area contributed by atoms with E-state index in [2.05, 4.69) is 39.1 Å². The maximum absolute atomic E-state index is 6.22. The minimum atomic E-state index is 0.412. The molecule has 0 aliphatic carbocycles. The molecule has 2 aromatic heterocycles. The Bertz CT molecular complexity index is 1490. The predicted octanol–water partition coefficient (Wildman–Crippen LogP) is 6.71. The lowest BCUT2D eigenvalue weighted by Gasteiger charge is -2.24. The molecular formula is C31H37N7O2. The van der Waals surface area contributed by atoms with Gasteiger partial charge in [-0.1, -0.05) is 26.3 Å². The van der Waals surface area contributed by atoms with E-state index in [0.29, 0.717) is 18.3 Å². The fourth-order valence-electron chi connectivity index (χ4n) is 4.78. The van der Waals surface area contributed by atoms with E-state index < -0.39 is 0 Å². The number of nitrogens with zero attached hydrogens (tertiary/aromatic N) is 6. The molecule has 3 aromatic rings. The van der Waals surface area contributed by atoms with E-state index in [9.17, 15) is 0 Å². The quantitative estimate of drug-likeness (QED) is 0.316. The fraction of sp³-hybridized carbons (Fsp3) is 0.355. The molecule has 1 unspecified atom stereocenters. The summed E-state index contributed by atoms with van der Waals surface area (Å²) in [7, 11) is 0. The molecule has 0 fully saturated rings. The Kier molecular flexibility index (Phi) is 8.28. The summed E-state index contributed by atoms with van der Waals surface area (Å²) in [6.45, 7) is 12.8. The zero-order valence-electron chi connectivity index (χ0n) is 23.9. The number of aromatic nitrogens is 3. The summed E-state index contributed by atoms with van der Waals surface area (Å²) >= 11 is 0. The van der Waals surface area contributed by atoms with E-state index in [0.717, 1.165) is 77.0 Å². The number of ether oxygens (including phenoxy) is 2. The molecule has 5 rings (SSSR count). The highest BCUT2D eigenvalue weighted by Gasteiger charge is 2.24. The minimum absolute atomic E-state index is 0.412. The van der Waals surface area contributed by atoms with Gasteiger partial charge in [-0.05, 0) is 57.0 Å². The molecule has 0 amide bonds. The molecule has 1 aromatic carbocycles. The molecule has 9 heteroatoms. The van der Waals surface area contributed by atoms with Crippen LogP contribution in [-0.4, -0.2) is 45.9 Å². The second kappa shape index (κ2) is 12.2. The Labute approximate surface area is 235 Å². The summed E-state index contributed by atoms with van der Waals surface area (Å²) in [6, 6.07) is 7.97. The second-order valence-electron chi connectivity index (χ2n) is 10.1. The number of hydrogen-bond acceptors (Lipinski definition) is 9. The zero-order chi connectivity index (χ0) is 28.1. The van der Waals surface area contributed by atoms with Gasteiger partial charge in [0, 0.05) is 49.3 Å². The molecule has 2 aliphatic heterocycles. The highest BCUT2D eigenvalue weighted by molar-refractivity contribution is 5.90. The van der Waals surface area contributed by atoms with Crippen molar-refractivity contribution in [2.24, 2.45) is 11.0 Å². The van der Waals surface area contributed by atoms with Gasteiger partial charge >= 0.3 is 0 Å². The zero-order valence-corrected chi connectivity index (χ0v) is 23.9. The van der Waals surface area contributed by atoms with Gasteiger partial charge in [0.2, 0.25) is 0 Å². The molecular weight excluding hydrogens is 502 g/mol. The van der Waals surface area contributed by atoms with Crippen molar-refractivity contribution in [2.45, 2.75) is 47.5 Å². The third-order valence-electron chi connectivity index (χ3n) is 6.83. The Morgan fingerprint density at radius 3 is 2.88 bits per heavy atom. The van der Waals surface area contributed by atoms with E-state index >= 15 is 0 Å². The van der Waals surface area contributed by atoms with Crippen LogP contribution in [0.25, 0.3) is 11.0 Å². The average molecular weight is 540 g/mol. The second-order valence-corrected chi connectivity index (χ2v) is 10.1. The molecule has 1 atom stereocenters. The summed E-state index contributed by atoms with van der Waals surface area (Å²) in [5, 5.41) is 9.60. The Balaban J connectivity index is 1.39. The number of hydrazone groups is 1. The molecule has 0 saturated heterocycles. The van der Waals surface area contributed by atoms with E-state index in [-0.39, 0.29) is 0 Å². The number of allylic oxidation sites excluding steroid dienone is 3. The van der Waals surface area contributed by atoms with E-state index in [1.54, 1.807) is 17.6 Å². The van der Waals surface area contributed by atoms with E-state index in [4.69, 9.17) is 14.5 Å². The highest BCUT2D eigenvalue weighted by atomic mass is 16.5. The van der Waals surface area contributed by atoms with Crippen LogP contribution in [0.4, 0.5) is 17.3 Å². The first-order valence-electron chi connectivity index (χ1n) is 13.9. The van der Waals surface area contributed by atoms with Crippen molar-refractivity contribution in [3.8, 4) is 11.5 Å². The lowest BCUT2D eigenvalue weighted by molar-refractivity contribution is 0.273. The number of benzene rings is 1. The number of aryl methyl sites for hydroxylation is 1. The summed E-state index contributed by atoms with van der Waals surface area (Å²) in [5.74, 6) is 4.23. The van der Waals surface area contributed by atoms with Crippen LogP contribution in [0.5, 0.6) is 11.5 Å². The molecule has 0 spiro atoms. The van der Waals surface area contributed by atoms with E-state index in [1.165, 1.54) is 0 Å². The Morgan fingerprint density at radius 1 is 1.23 bits per heavy atom. The van der Waals surface area contributed by atoms with Crippen LogP contribution in [-0.2, 0) is 0 Å². The van der Waals surface area contributed by atoms with Gasteiger partial charge in [-0.3, -0.25) is 0 Å². The van der Waals surface area contributed by atoms with Gasteiger partial charge in [0.25, 0.3) is 0 Å². The number of anilines is 3. The molecule has 208 valence electrons. The molecule has 2 aliphatic rings. The Morgan fingerprint density at radius 2 is 2.10 bits per heavy atom. The van der Waals surface area contributed by atoms with Crippen molar-refractivity contribution in [1.29, 1.82) is 0 Å². The fourth-order valence-corrected chi connectivity index (χ4v) is 4.78. The SMILES string of the molecule is CC=C1C=C(Oc2ccc(Nc3ncnc4cc5c(nc34)N(CCCC)CC(C)CO5)cc2C)C=CN1/N=C\C. The molecule has 0 radical (unpaired) electrons. The number of rotatable bonds is 8. The molecule has 0 bridgehead atoms. The average Bonchev–Trinajstić information content (AvgIpc) is 3.11. The molecule has 4 heterocycles. The van der Waals surface area contributed by atoms with Crippen molar-refractivity contribution in [1.82, 2.24) is 20.0 Å². The summed E-state index contributed by atoms with van der Waals surface area (Å²) in [4.78, 5) is 16.4. The first kappa shape index (κ1) is 27.2. The van der Waals surface area contributed by atoms with Gasteiger partial charge in [-0.25, -0.2) is 20.0 Å². The van der Waals surface area contributed by atoms with Gasteiger partial charge in [0.05, 0.1) is 17.8 Å². The molecule has 1 N–H and O–H groups in total. The summed E-state index contributed by atoms with van der Waals surface area (Å²) in [5.41, 5.74) is 4.29. The van der Waals surface area contributed by atoms with Crippen LogP contribution >= 0.6 is 0 Å². The predicted molar refractivity (Wildman–Crippen MR) is 161 cm³/mol. The van der Waals surface area contributed by atoms with Crippen molar-refractivity contribution < 1.29 is 9.47 Å². The monoisotopic (exact) mass is 539 g/mol. The third kappa shape index (κ3) is 5.93. The maximum atomic E-state index is 6.22. The van der Waals surface area contributed by atoms with Crippen LogP contribution < -0.4 is 19.7 Å².